The van der Waals surface area contributed by atoms with Gasteiger partial charge in [-0.2, -0.15) is 0 Å². The summed E-state index contributed by atoms with van der Waals surface area (Å²) in [6, 6.07) is 0. The van der Waals surface area contributed by atoms with Crippen LogP contribution in [0.4, 0.5) is 0 Å². The molecule has 4 rings (SSSR count). The summed E-state index contributed by atoms with van der Waals surface area (Å²) in [5.41, 5.74) is 2.41. The molecule has 0 aromatic carbocycles. The molecule has 170 valence electrons. The average Bonchev–Trinajstić information content (AvgIpc) is 3.06. The maximum absolute atomic E-state index is 12.1. The van der Waals surface area contributed by atoms with Gasteiger partial charge in [0.1, 0.15) is 5.78 Å². The van der Waals surface area contributed by atoms with Crippen molar-refractivity contribution < 1.29 is 4.79 Å². The number of hydrogen-bond acceptors (Lipinski definition) is 1. The zero-order chi connectivity index (χ0) is 21.7. The Kier molecular flexibility index (Phi) is 6.33. The van der Waals surface area contributed by atoms with E-state index in [0.29, 0.717) is 16.6 Å². The molecule has 1 heteroatoms. The summed E-state index contributed by atoms with van der Waals surface area (Å²) in [6.07, 6.45) is 16.5. The van der Waals surface area contributed by atoms with Crippen LogP contribution in [0.15, 0.2) is 11.6 Å². The Labute approximate surface area is 186 Å². The monoisotopic (exact) mass is 412 g/mol. The average molecular weight is 413 g/mol. The van der Waals surface area contributed by atoms with Gasteiger partial charge in [-0.05, 0) is 97.2 Å². The Morgan fingerprint density at radius 3 is 2.50 bits per heavy atom. The van der Waals surface area contributed by atoms with Gasteiger partial charge >= 0.3 is 0 Å². The molecule has 0 N–H and O–H groups in total. The van der Waals surface area contributed by atoms with Crippen LogP contribution in [0.2, 0.25) is 0 Å². The standard InChI is InChI=1S/C29H48O/c1-7-21(19(2)3)9-8-20(4)25-12-13-26-24-11-10-22-18-23(30)14-16-28(22,5)27(24)15-17-29(25,26)6/h10,19-21,24-27H,7-9,11-18H2,1-6H3/t20-,21-,24+,25-,26-,27-,28+,29-/m1/s1. The Balaban J connectivity index is 1.48. The van der Waals surface area contributed by atoms with Crippen molar-refractivity contribution in [3.8, 4) is 0 Å². The number of allylic oxidation sites excluding steroid dienone is 2. The van der Waals surface area contributed by atoms with Crippen molar-refractivity contribution in [2.24, 2.45) is 52.3 Å². The molecule has 1 nitrogen and oxygen atoms in total. The fourth-order valence-corrected chi connectivity index (χ4v) is 9.14. The summed E-state index contributed by atoms with van der Waals surface area (Å²) in [5, 5.41) is 0. The zero-order valence-corrected chi connectivity index (χ0v) is 20.8. The molecule has 0 heterocycles. The highest BCUT2D eigenvalue weighted by Crippen LogP contribution is 2.67. The first kappa shape index (κ1) is 22.6. The van der Waals surface area contributed by atoms with E-state index in [1.165, 1.54) is 56.9 Å². The molecular weight excluding hydrogens is 364 g/mol. The molecule has 30 heavy (non-hydrogen) atoms. The number of fused-ring (bicyclic) bond motifs is 5. The minimum Gasteiger partial charge on any atom is -0.299 e. The molecule has 0 spiro atoms. The van der Waals surface area contributed by atoms with E-state index in [4.69, 9.17) is 0 Å². The molecule has 4 aliphatic rings. The van der Waals surface area contributed by atoms with E-state index in [9.17, 15) is 4.79 Å². The highest BCUT2D eigenvalue weighted by molar-refractivity contribution is 5.82. The predicted octanol–water partition coefficient (Wildman–Crippen LogP) is 8.23. The van der Waals surface area contributed by atoms with Crippen molar-refractivity contribution in [1.29, 1.82) is 0 Å². The largest absolute Gasteiger partial charge is 0.299 e. The van der Waals surface area contributed by atoms with Crippen LogP contribution < -0.4 is 0 Å². The summed E-state index contributed by atoms with van der Waals surface area (Å²) < 4.78 is 0. The molecule has 0 radical (unpaired) electrons. The van der Waals surface area contributed by atoms with Crippen LogP contribution in [0.5, 0.6) is 0 Å². The Bertz CT molecular complexity index is 674. The van der Waals surface area contributed by atoms with Gasteiger partial charge in [0.25, 0.3) is 0 Å². The van der Waals surface area contributed by atoms with Gasteiger partial charge in [0.15, 0.2) is 0 Å². The van der Waals surface area contributed by atoms with E-state index in [2.05, 4.69) is 47.6 Å². The van der Waals surface area contributed by atoms with Gasteiger partial charge in [-0.3, -0.25) is 4.79 Å². The number of ketones is 1. The highest BCUT2D eigenvalue weighted by atomic mass is 16.1. The number of hydrogen-bond donors (Lipinski definition) is 0. The van der Waals surface area contributed by atoms with Gasteiger partial charge in [0.2, 0.25) is 0 Å². The smallest absolute Gasteiger partial charge is 0.136 e. The third kappa shape index (κ3) is 3.65. The lowest BCUT2D eigenvalue weighted by Crippen LogP contribution is -2.50. The Morgan fingerprint density at radius 1 is 1.03 bits per heavy atom. The van der Waals surface area contributed by atoms with Crippen molar-refractivity contribution >= 4 is 5.78 Å². The minimum atomic E-state index is 0.327. The van der Waals surface area contributed by atoms with Crippen LogP contribution in [0.1, 0.15) is 112 Å². The van der Waals surface area contributed by atoms with Gasteiger partial charge < -0.3 is 0 Å². The van der Waals surface area contributed by atoms with E-state index >= 15 is 0 Å². The lowest BCUT2D eigenvalue weighted by atomic mass is 9.47. The summed E-state index contributed by atoms with van der Waals surface area (Å²) in [5.74, 6) is 6.66. The fourth-order valence-electron chi connectivity index (χ4n) is 9.14. The molecule has 0 amide bonds. The molecule has 3 fully saturated rings. The lowest BCUT2D eigenvalue weighted by Gasteiger charge is -2.58. The molecule has 0 aromatic rings. The predicted molar refractivity (Wildman–Crippen MR) is 127 cm³/mol. The summed E-state index contributed by atoms with van der Waals surface area (Å²) in [6.45, 7) is 15.0. The number of carbonyl (C=O) groups excluding carboxylic acids is 1. The maximum atomic E-state index is 12.1. The molecule has 0 saturated heterocycles. The molecule has 8 atom stereocenters. The molecule has 0 aromatic heterocycles. The third-order valence-corrected chi connectivity index (χ3v) is 11.2. The van der Waals surface area contributed by atoms with E-state index in [1.54, 1.807) is 0 Å². The van der Waals surface area contributed by atoms with Gasteiger partial charge in [0.05, 0.1) is 0 Å². The third-order valence-electron chi connectivity index (χ3n) is 11.2. The maximum Gasteiger partial charge on any atom is 0.136 e. The molecule has 4 aliphatic carbocycles. The van der Waals surface area contributed by atoms with Crippen LogP contribution >= 0.6 is 0 Å². The van der Waals surface area contributed by atoms with Crippen LogP contribution in [-0.4, -0.2) is 5.78 Å². The molecule has 0 bridgehead atoms. The van der Waals surface area contributed by atoms with Gasteiger partial charge in [-0.25, -0.2) is 0 Å². The minimum absolute atomic E-state index is 0.327. The summed E-state index contributed by atoms with van der Waals surface area (Å²) >= 11 is 0. The zero-order valence-electron chi connectivity index (χ0n) is 20.8. The second kappa shape index (κ2) is 8.40. The summed E-state index contributed by atoms with van der Waals surface area (Å²) in [4.78, 5) is 12.1. The first-order chi connectivity index (χ1) is 14.2. The highest BCUT2D eigenvalue weighted by Gasteiger charge is 2.59. The van der Waals surface area contributed by atoms with Crippen molar-refractivity contribution in [2.75, 3.05) is 0 Å². The Morgan fingerprint density at radius 2 is 1.80 bits per heavy atom. The molecule has 0 aliphatic heterocycles. The summed E-state index contributed by atoms with van der Waals surface area (Å²) in [7, 11) is 0. The topological polar surface area (TPSA) is 17.1 Å². The van der Waals surface area contributed by atoms with Gasteiger partial charge in [-0.15, -0.1) is 0 Å². The van der Waals surface area contributed by atoms with Gasteiger partial charge in [0, 0.05) is 12.8 Å². The molecule has 0 unspecified atom stereocenters. The quantitative estimate of drug-likeness (QED) is 0.401. The van der Waals surface area contributed by atoms with Crippen LogP contribution in [-0.2, 0) is 4.79 Å². The Hall–Kier alpha value is -0.590. The van der Waals surface area contributed by atoms with E-state index < -0.39 is 0 Å². The van der Waals surface area contributed by atoms with Crippen molar-refractivity contribution in [1.82, 2.24) is 0 Å². The first-order valence-electron chi connectivity index (χ1n) is 13.4. The van der Waals surface area contributed by atoms with Crippen molar-refractivity contribution in [3.63, 3.8) is 0 Å². The second-order valence-corrected chi connectivity index (χ2v) is 12.7. The second-order valence-electron chi connectivity index (χ2n) is 12.7. The van der Waals surface area contributed by atoms with E-state index in [-0.39, 0.29) is 0 Å². The first-order valence-corrected chi connectivity index (χ1v) is 13.4. The van der Waals surface area contributed by atoms with Crippen LogP contribution in [0, 0.1) is 52.3 Å². The molecule has 3 saturated carbocycles. The van der Waals surface area contributed by atoms with E-state index in [1.807, 2.05) is 0 Å². The molecular formula is C29H48O. The number of Topliss-reactive ketones (excluding diaryl/α,β-unsaturated/α-hetero) is 1. The van der Waals surface area contributed by atoms with Crippen molar-refractivity contribution in [3.05, 3.63) is 11.6 Å². The van der Waals surface area contributed by atoms with E-state index in [0.717, 1.165) is 60.7 Å². The van der Waals surface area contributed by atoms with Gasteiger partial charge in [-0.1, -0.05) is 66.0 Å². The SMILES string of the molecule is CC[C@H](CC[C@@H](C)[C@H]1CC[C@@H]2[C@@H]3CC=C4CC(=O)CC[C@]4(C)[C@@H]3CC[C@@]21C)C(C)C. The van der Waals surface area contributed by atoms with Crippen LogP contribution in [0.25, 0.3) is 0 Å². The normalized spacial score (nSPS) is 42.9. The number of carbonyl (C=O) groups is 1. The fraction of sp³-hybridized carbons (Fsp3) is 0.897. The van der Waals surface area contributed by atoms with Crippen LogP contribution in [0.3, 0.4) is 0 Å². The van der Waals surface area contributed by atoms with Crippen molar-refractivity contribution in [2.45, 2.75) is 112 Å². The number of rotatable bonds is 6. The lowest BCUT2D eigenvalue weighted by molar-refractivity contribution is -0.122.